The van der Waals surface area contributed by atoms with E-state index in [1.54, 1.807) is 20.8 Å². The predicted molar refractivity (Wildman–Crippen MR) is 82.0 cm³/mol. The first-order chi connectivity index (χ1) is 11.9. The van der Waals surface area contributed by atoms with Crippen LogP contribution in [0.3, 0.4) is 0 Å². The van der Waals surface area contributed by atoms with Gasteiger partial charge in [-0.1, -0.05) is 0 Å². The summed E-state index contributed by atoms with van der Waals surface area (Å²) in [5, 5.41) is -6.75. The summed E-state index contributed by atoms with van der Waals surface area (Å²) in [6.45, 7) is 6.56. The Bertz CT molecular complexity index is 652. The van der Waals surface area contributed by atoms with Crippen LogP contribution in [0.1, 0.15) is 41.0 Å². The summed E-state index contributed by atoms with van der Waals surface area (Å²) in [7, 11) is -6.27. The predicted octanol–water partition coefficient (Wildman–Crippen LogP) is 4.66. The third kappa shape index (κ3) is 4.86. The van der Waals surface area contributed by atoms with Gasteiger partial charge in [-0.15, -0.1) is 0 Å². The second-order valence-electron chi connectivity index (χ2n) is 7.66. The third-order valence-electron chi connectivity index (χ3n) is 3.90. The minimum atomic E-state index is -7.29. The SMILES string of the molecule is CN(C(C)(C)CCOC(C)(C)C)S(=O)(=O)C(F)(F)C(F)(F)C(F)(F)C(F)(F)F. The van der Waals surface area contributed by atoms with E-state index in [1.807, 2.05) is 0 Å². The number of sulfonamides is 1. The van der Waals surface area contributed by atoms with E-state index in [0.717, 1.165) is 13.8 Å². The van der Waals surface area contributed by atoms with Crippen LogP contribution < -0.4 is 0 Å². The van der Waals surface area contributed by atoms with E-state index in [0.29, 0.717) is 7.05 Å². The molecule has 28 heavy (non-hydrogen) atoms. The van der Waals surface area contributed by atoms with Crippen molar-refractivity contribution in [3.8, 4) is 0 Å². The summed E-state index contributed by atoms with van der Waals surface area (Å²) in [5.41, 5.74) is -2.60. The molecule has 0 atom stereocenters. The minimum absolute atomic E-state index is 0.239. The van der Waals surface area contributed by atoms with Crippen LogP contribution in [0.25, 0.3) is 0 Å². The molecule has 170 valence electrons. The molecule has 0 rings (SSSR count). The second kappa shape index (κ2) is 7.49. The molecule has 0 spiro atoms. The van der Waals surface area contributed by atoms with Gasteiger partial charge in [0.15, 0.2) is 0 Å². The summed E-state index contributed by atoms with van der Waals surface area (Å²) in [6, 6.07) is 0. The number of nitrogens with zero attached hydrogens (tertiary/aromatic N) is 1. The molecule has 0 aromatic rings. The number of rotatable bonds is 8. The minimum Gasteiger partial charge on any atom is -0.376 e. The van der Waals surface area contributed by atoms with E-state index in [9.17, 15) is 47.9 Å². The smallest absolute Gasteiger partial charge is 0.376 e. The molecule has 0 saturated heterocycles. The van der Waals surface area contributed by atoms with Crippen LogP contribution >= 0.6 is 0 Å². The highest BCUT2D eigenvalue weighted by atomic mass is 32.2. The molecule has 0 N–H and O–H groups in total. The Balaban J connectivity index is 5.95. The maximum atomic E-state index is 13.9. The normalized spacial score (nSPS) is 16.0. The highest BCUT2D eigenvalue weighted by molar-refractivity contribution is 7.90. The monoisotopic (exact) mass is 455 g/mol. The van der Waals surface area contributed by atoms with Crippen molar-refractivity contribution in [1.82, 2.24) is 4.31 Å². The first-order valence-corrected chi connectivity index (χ1v) is 9.13. The van der Waals surface area contributed by atoms with Crippen LogP contribution in [0.5, 0.6) is 0 Å². The summed E-state index contributed by atoms with van der Waals surface area (Å²) < 4.78 is 146. The Morgan fingerprint density at radius 2 is 1.18 bits per heavy atom. The topological polar surface area (TPSA) is 46.6 Å². The quantitative estimate of drug-likeness (QED) is 0.501. The fraction of sp³-hybridized carbons (Fsp3) is 1.00. The number of hydrogen-bond acceptors (Lipinski definition) is 3. The lowest BCUT2D eigenvalue weighted by Gasteiger charge is -2.40. The first-order valence-electron chi connectivity index (χ1n) is 7.69. The van der Waals surface area contributed by atoms with Gasteiger partial charge in [0.2, 0.25) is 0 Å². The molecule has 0 aromatic heterocycles. The second-order valence-corrected chi connectivity index (χ2v) is 9.67. The van der Waals surface area contributed by atoms with Crippen LogP contribution in [0.15, 0.2) is 0 Å². The molecule has 4 nitrogen and oxygen atoms in total. The van der Waals surface area contributed by atoms with Gasteiger partial charge >= 0.3 is 23.3 Å². The van der Waals surface area contributed by atoms with Gasteiger partial charge in [-0.25, -0.2) is 8.42 Å². The zero-order valence-electron chi connectivity index (χ0n) is 15.9. The summed E-state index contributed by atoms with van der Waals surface area (Å²) in [5.74, 6) is -14.6. The molecule has 0 aliphatic heterocycles. The molecule has 0 aromatic carbocycles. The van der Waals surface area contributed by atoms with Gasteiger partial charge in [0, 0.05) is 19.2 Å². The molecule has 14 heteroatoms. The lowest BCUT2D eigenvalue weighted by atomic mass is 10.0. The molecule has 0 aliphatic rings. The van der Waals surface area contributed by atoms with E-state index in [2.05, 4.69) is 0 Å². The van der Waals surface area contributed by atoms with Crippen molar-refractivity contribution < 1.29 is 52.7 Å². The van der Waals surface area contributed by atoms with Crippen molar-refractivity contribution in [1.29, 1.82) is 0 Å². The van der Waals surface area contributed by atoms with Gasteiger partial charge in [0.25, 0.3) is 10.0 Å². The number of ether oxygens (including phenoxy) is 1. The van der Waals surface area contributed by atoms with Gasteiger partial charge < -0.3 is 4.74 Å². The zero-order valence-corrected chi connectivity index (χ0v) is 16.7. The van der Waals surface area contributed by atoms with E-state index in [-0.39, 0.29) is 17.3 Å². The zero-order chi connectivity index (χ0) is 23.2. The van der Waals surface area contributed by atoms with Crippen molar-refractivity contribution >= 4 is 10.0 Å². The molecule has 0 aliphatic carbocycles. The van der Waals surface area contributed by atoms with Gasteiger partial charge in [0.1, 0.15) is 0 Å². The maximum Gasteiger partial charge on any atom is 0.460 e. The van der Waals surface area contributed by atoms with Crippen molar-refractivity contribution in [2.75, 3.05) is 13.7 Å². The van der Waals surface area contributed by atoms with Gasteiger partial charge in [-0.2, -0.15) is 43.8 Å². The number of halogens is 9. The fourth-order valence-electron chi connectivity index (χ4n) is 1.78. The van der Waals surface area contributed by atoms with Crippen LogP contribution in [-0.2, 0) is 14.8 Å². The van der Waals surface area contributed by atoms with Gasteiger partial charge in [-0.3, -0.25) is 0 Å². The van der Waals surface area contributed by atoms with Crippen LogP contribution in [0.4, 0.5) is 39.5 Å². The van der Waals surface area contributed by atoms with Crippen LogP contribution in [-0.4, -0.2) is 60.8 Å². The molecule has 0 heterocycles. The Morgan fingerprint density at radius 1 is 0.786 bits per heavy atom. The standard InChI is InChI=1S/C14H22F9NO3S/c1-9(2,3)27-8-7-10(4,5)24(6)28(25,26)14(22,23)12(17,18)11(15,16)13(19,20)21/h7-8H2,1-6H3. The van der Waals surface area contributed by atoms with Gasteiger partial charge in [0.05, 0.1) is 5.60 Å². The lowest BCUT2D eigenvalue weighted by Crippen LogP contribution is -2.66. The first kappa shape index (κ1) is 27.2. The Hall–Kier alpha value is -0.760. The van der Waals surface area contributed by atoms with E-state index in [1.165, 1.54) is 0 Å². The Labute approximate surface area is 157 Å². The summed E-state index contributed by atoms with van der Waals surface area (Å²) in [4.78, 5) is 0. The molecule has 0 amide bonds. The summed E-state index contributed by atoms with van der Waals surface area (Å²) in [6.07, 6.45) is -7.46. The van der Waals surface area contributed by atoms with E-state index < -0.39 is 44.4 Å². The number of alkyl halides is 9. The van der Waals surface area contributed by atoms with Crippen LogP contribution in [0.2, 0.25) is 0 Å². The molecule has 0 unspecified atom stereocenters. The van der Waals surface area contributed by atoms with Crippen molar-refractivity contribution in [2.24, 2.45) is 0 Å². The lowest BCUT2D eigenvalue weighted by molar-refractivity contribution is -0.382. The average Bonchev–Trinajstić information content (AvgIpc) is 2.42. The largest absolute Gasteiger partial charge is 0.460 e. The Morgan fingerprint density at radius 3 is 1.50 bits per heavy atom. The van der Waals surface area contributed by atoms with E-state index >= 15 is 0 Å². The molecule has 0 fully saturated rings. The van der Waals surface area contributed by atoms with Crippen LogP contribution in [0, 0.1) is 0 Å². The molecule has 0 radical (unpaired) electrons. The van der Waals surface area contributed by atoms with E-state index in [4.69, 9.17) is 4.74 Å². The molecular formula is C14H22F9NO3S. The third-order valence-corrected chi connectivity index (χ3v) is 6.02. The highest BCUT2D eigenvalue weighted by Crippen LogP contribution is 2.55. The molecule has 0 bridgehead atoms. The van der Waals surface area contributed by atoms with Gasteiger partial charge in [-0.05, 0) is 41.0 Å². The Kier molecular flexibility index (Phi) is 7.29. The molecule has 0 saturated carbocycles. The highest BCUT2D eigenvalue weighted by Gasteiger charge is 2.85. The van der Waals surface area contributed by atoms with Crippen molar-refractivity contribution in [2.45, 2.75) is 75.5 Å². The van der Waals surface area contributed by atoms with Crippen molar-refractivity contribution in [3.63, 3.8) is 0 Å². The van der Waals surface area contributed by atoms with Crippen molar-refractivity contribution in [3.05, 3.63) is 0 Å². The fourth-order valence-corrected chi connectivity index (χ4v) is 3.32. The average molecular weight is 455 g/mol. The number of hydrogen-bond donors (Lipinski definition) is 0. The molecular weight excluding hydrogens is 433 g/mol. The maximum absolute atomic E-state index is 13.9. The summed E-state index contributed by atoms with van der Waals surface area (Å²) >= 11 is 0.